The van der Waals surface area contributed by atoms with E-state index < -0.39 is 0 Å². The van der Waals surface area contributed by atoms with E-state index in [9.17, 15) is 0 Å². The van der Waals surface area contributed by atoms with Crippen molar-refractivity contribution in [2.24, 2.45) is 5.92 Å². The van der Waals surface area contributed by atoms with E-state index >= 15 is 0 Å². The van der Waals surface area contributed by atoms with Crippen LogP contribution >= 0.6 is 0 Å². The van der Waals surface area contributed by atoms with Crippen LogP contribution in [-0.4, -0.2) is 6.54 Å². The average molecular weight is 247 g/mol. The molecule has 1 heteroatoms. The van der Waals surface area contributed by atoms with Gasteiger partial charge in [0.05, 0.1) is 0 Å². The second kappa shape index (κ2) is 8.31. The lowest BCUT2D eigenvalue weighted by Crippen LogP contribution is -2.27. The van der Waals surface area contributed by atoms with Crippen LogP contribution in [0.5, 0.6) is 0 Å². The van der Waals surface area contributed by atoms with Gasteiger partial charge in [-0.15, -0.1) is 0 Å². The number of unbranched alkanes of at least 4 members (excludes halogenated alkanes) is 1. The summed E-state index contributed by atoms with van der Waals surface area (Å²) in [5.41, 5.74) is 2.78. The van der Waals surface area contributed by atoms with Crippen molar-refractivity contribution in [3.05, 3.63) is 35.4 Å². The summed E-state index contributed by atoms with van der Waals surface area (Å²) in [6.07, 6.45) is 5.13. The molecular formula is C17H29N. The summed E-state index contributed by atoms with van der Waals surface area (Å²) in [5, 5.41) is 3.71. The molecule has 0 amide bonds. The molecule has 1 aromatic carbocycles. The first-order valence-corrected chi connectivity index (χ1v) is 7.49. The zero-order valence-electron chi connectivity index (χ0n) is 12.5. The Bertz CT molecular complexity index is 315. The van der Waals surface area contributed by atoms with Gasteiger partial charge >= 0.3 is 0 Å². The lowest BCUT2D eigenvalue weighted by molar-refractivity contribution is 0.357. The van der Waals surface area contributed by atoms with Crippen molar-refractivity contribution in [2.75, 3.05) is 6.54 Å². The smallest absolute Gasteiger partial charge is 0.0346 e. The van der Waals surface area contributed by atoms with Crippen LogP contribution in [-0.2, 0) is 0 Å². The first kappa shape index (κ1) is 15.2. The Hall–Kier alpha value is -0.820. The third kappa shape index (κ3) is 4.81. The van der Waals surface area contributed by atoms with E-state index in [0.29, 0.717) is 12.0 Å². The Morgan fingerprint density at radius 1 is 1.06 bits per heavy atom. The zero-order valence-corrected chi connectivity index (χ0v) is 12.5. The molecule has 0 heterocycles. The van der Waals surface area contributed by atoms with Crippen LogP contribution in [0.1, 0.15) is 63.6 Å². The van der Waals surface area contributed by atoms with Gasteiger partial charge in [-0.2, -0.15) is 0 Å². The predicted molar refractivity (Wildman–Crippen MR) is 80.9 cm³/mol. The van der Waals surface area contributed by atoms with Crippen LogP contribution in [0.15, 0.2) is 24.3 Å². The Labute approximate surface area is 113 Å². The summed E-state index contributed by atoms with van der Waals surface area (Å²) in [5.74, 6) is 0.708. The van der Waals surface area contributed by atoms with Crippen molar-refractivity contribution < 1.29 is 0 Å². The molecule has 0 aliphatic rings. The number of rotatable bonds is 8. The van der Waals surface area contributed by atoms with Crippen molar-refractivity contribution in [1.29, 1.82) is 0 Å². The first-order valence-electron chi connectivity index (χ1n) is 7.49. The number of nitrogens with one attached hydrogen (secondary N) is 1. The van der Waals surface area contributed by atoms with Gasteiger partial charge in [-0.25, -0.2) is 0 Å². The van der Waals surface area contributed by atoms with Crippen LogP contribution in [0.2, 0.25) is 0 Å². The topological polar surface area (TPSA) is 12.0 Å². The van der Waals surface area contributed by atoms with Gasteiger partial charge in [0.25, 0.3) is 0 Å². The normalized spacial score (nSPS) is 14.4. The number of benzene rings is 1. The van der Waals surface area contributed by atoms with E-state index in [1.54, 1.807) is 0 Å². The molecule has 102 valence electrons. The Morgan fingerprint density at radius 2 is 1.72 bits per heavy atom. The molecular weight excluding hydrogens is 218 g/mol. The summed E-state index contributed by atoms with van der Waals surface area (Å²) >= 11 is 0. The number of aryl methyl sites for hydroxylation is 1. The lowest BCUT2D eigenvalue weighted by Gasteiger charge is -2.26. The van der Waals surface area contributed by atoms with Gasteiger partial charge in [0.15, 0.2) is 0 Å². The van der Waals surface area contributed by atoms with Crippen LogP contribution in [0.4, 0.5) is 0 Å². The van der Waals surface area contributed by atoms with Gasteiger partial charge in [-0.1, -0.05) is 63.4 Å². The van der Waals surface area contributed by atoms with Crippen molar-refractivity contribution in [3.63, 3.8) is 0 Å². The molecule has 0 spiro atoms. The van der Waals surface area contributed by atoms with E-state index in [0.717, 1.165) is 6.54 Å². The van der Waals surface area contributed by atoms with Crippen LogP contribution in [0, 0.1) is 12.8 Å². The maximum absolute atomic E-state index is 3.71. The molecule has 2 unspecified atom stereocenters. The van der Waals surface area contributed by atoms with Gasteiger partial charge in [0, 0.05) is 6.04 Å². The van der Waals surface area contributed by atoms with Gasteiger partial charge in [0.2, 0.25) is 0 Å². The summed E-state index contributed by atoms with van der Waals surface area (Å²) in [6.45, 7) is 10.1. The van der Waals surface area contributed by atoms with Gasteiger partial charge in [-0.3, -0.25) is 0 Å². The van der Waals surface area contributed by atoms with Crippen molar-refractivity contribution in [3.8, 4) is 0 Å². The third-order valence-electron chi connectivity index (χ3n) is 3.63. The maximum Gasteiger partial charge on any atom is 0.0346 e. The highest BCUT2D eigenvalue weighted by molar-refractivity contribution is 5.24. The molecule has 18 heavy (non-hydrogen) atoms. The Balaban J connectivity index is 2.73. The lowest BCUT2D eigenvalue weighted by atomic mass is 9.90. The number of hydrogen-bond acceptors (Lipinski definition) is 1. The summed E-state index contributed by atoms with van der Waals surface area (Å²) in [7, 11) is 0. The summed E-state index contributed by atoms with van der Waals surface area (Å²) < 4.78 is 0. The molecule has 1 aromatic rings. The monoisotopic (exact) mass is 247 g/mol. The fourth-order valence-electron chi connectivity index (χ4n) is 2.41. The molecule has 0 saturated carbocycles. The molecule has 0 aliphatic heterocycles. The minimum absolute atomic E-state index is 0.511. The molecule has 0 fully saturated rings. The van der Waals surface area contributed by atoms with E-state index in [1.807, 2.05) is 0 Å². The van der Waals surface area contributed by atoms with Crippen LogP contribution in [0.3, 0.4) is 0 Å². The highest BCUT2D eigenvalue weighted by Gasteiger charge is 2.17. The molecule has 1 nitrogen and oxygen atoms in total. The molecule has 1 N–H and O–H groups in total. The van der Waals surface area contributed by atoms with Gasteiger partial charge in [0.1, 0.15) is 0 Å². The molecule has 1 rings (SSSR count). The van der Waals surface area contributed by atoms with Crippen LogP contribution < -0.4 is 5.32 Å². The molecule has 0 aliphatic carbocycles. The van der Waals surface area contributed by atoms with E-state index in [4.69, 9.17) is 0 Å². The fraction of sp³-hybridized carbons (Fsp3) is 0.647. The Morgan fingerprint density at radius 3 is 2.28 bits per heavy atom. The number of hydrogen-bond donors (Lipinski definition) is 1. The highest BCUT2D eigenvalue weighted by Crippen LogP contribution is 2.26. The second-order valence-corrected chi connectivity index (χ2v) is 5.46. The fourth-order valence-corrected chi connectivity index (χ4v) is 2.41. The first-order chi connectivity index (χ1) is 8.69. The van der Waals surface area contributed by atoms with E-state index in [2.05, 4.69) is 57.3 Å². The highest BCUT2D eigenvalue weighted by atomic mass is 14.9. The molecule has 0 radical (unpaired) electrons. The quantitative estimate of drug-likeness (QED) is 0.691. The summed E-state index contributed by atoms with van der Waals surface area (Å²) in [4.78, 5) is 0. The summed E-state index contributed by atoms with van der Waals surface area (Å²) in [6, 6.07) is 9.53. The maximum atomic E-state index is 3.71. The predicted octanol–water partition coefficient (Wildman–Crippen LogP) is 4.86. The molecule has 0 aromatic heterocycles. The SMILES string of the molecule is CCCCC(C)C(NCCC)c1ccc(C)cc1. The van der Waals surface area contributed by atoms with Crippen molar-refractivity contribution in [2.45, 2.75) is 59.4 Å². The largest absolute Gasteiger partial charge is 0.310 e. The molecule has 0 saturated heterocycles. The molecule has 2 atom stereocenters. The van der Waals surface area contributed by atoms with Crippen molar-refractivity contribution in [1.82, 2.24) is 5.32 Å². The molecule has 0 bridgehead atoms. The van der Waals surface area contributed by atoms with Gasteiger partial charge in [-0.05, 0) is 37.8 Å². The average Bonchev–Trinajstić information content (AvgIpc) is 2.38. The minimum Gasteiger partial charge on any atom is -0.310 e. The third-order valence-corrected chi connectivity index (χ3v) is 3.63. The standard InChI is InChI=1S/C17H29N/c1-5-7-8-15(4)17(18-13-6-2)16-11-9-14(3)10-12-16/h9-12,15,17-18H,5-8,13H2,1-4H3. The second-order valence-electron chi connectivity index (χ2n) is 5.46. The van der Waals surface area contributed by atoms with E-state index in [-0.39, 0.29) is 0 Å². The zero-order chi connectivity index (χ0) is 13.4. The Kier molecular flexibility index (Phi) is 7.04. The van der Waals surface area contributed by atoms with E-state index in [1.165, 1.54) is 36.8 Å². The van der Waals surface area contributed by atoms with Crippen LogP contribution in [0.25, 0.3) is 0 Å². The van der Waals surface area contributed by atoms with Gasteiger partial charge < -0.3 is 5.32 Å². The minimum atomic E-state index is 0.511. The van der Waals surface area contributed by atoms with Crippen molar-refractivity contribution >= 4 is 0 Å².